The van der Waals surface area contributed by atoms with Crippen LogP contribution < -0.4 is 0 Å². The van der Waals surface area contributed by atoms with Gasteiger partial charge in [-0.05, 0) is 0 Å². The molecular formula is C3H6B2O. The maximum atomic E-state index is 10.1. The van der Waals surface area contributed by atoms with Crippen LogP contribution in [0.25, 0.3) is 0 Å². The molecule has 6 heavy (non-hydrogen) atoms. The lowest BCUT2D eigenvalue weighted by Gasteiger charge is -1.77. The van der Waals surface area contributed by atoms with E-state index in [-0.39, 0.29) is 5.58 Å². The van der Waals surface area contributed by atoms with Crippen LogP contribution in [-0.2, 0) is 0 Å². The first-order valence-corrected chi connectivity index (χ1v) is 1.94. The summed E-state index contributed by atoms with van der Waals surface area (Å²) in [5.41, 5.74) is 0.0926. The molecule has 0 unspecified atom stereocenters. The molecule has 0 saturated carbocycles. The Morgan fingerprint density at radius 2 is 1.67 bits per heavy atom. The molecule has 0 amide bonds. The van der Waals surface area contributed by atoms with E-state index in [1.807, 2.05) is 0 Å². The molecule has 0 heterocycles. The molecule has 30 valence electrons. The Balaban J connectivity index is 2.99. The molecule has 0 aliphatic rings. The summed E-state index contributed by atoms with van der Waals surface area (Å²) in [4.78, 5) is 10.1. The minimum atomic E-state index is 0.0926. The Labute approximate surface area is 39.6 Å². The molecule has 0 saturated heterocycles. The van der Waals surface area contributed by atoms with Gasteiger partial charge in [0, 0.05) is 5.58 Å². The van der Waals surface area contributed by atoms with Crippen LogP contribution in [0.5, 0.6) is 0 Å². The maximum absolute atomic E-state index is 10.1. The van der Waals surface area contributed by atoms with Gasteiger partial charge in [-0.1, -0.05) is 13.6 Å². The van der Waals surface area contributed by atoms with Gasteiger partial charge in [0.15, 0.2) is 14.6 Å². The third-order valence-electron chi connectivity index (χ3n) is 0.569. The second kappa shape index (κ2) is 3.01. The van der Waals surface area contributed by atoms with E-state index in [1.54, 1.807) is 13.6 Å². The van der Waals surface area contributed by atoms with Crippen molar-refractivity contribution in [1.29, 1.82) is 0 Å². The van der Waals surface area contributed by atoms with Gasteiger partial charge in [-0.3, -0.25) is 0 Å². The van der Waals surface area contributed by atoms with Crippen molar-refractivity contribution in [3.05, 3.63) is 0 Å². The fourth-order valence-electron chi connectivity index (χ4n) is 0.167. The normalized spacial score (nSPS) is 7.00. The Morgan fingerprint density at radius 3 is 1.67 bits per heavy atom. The van der Waals surface area contributed by atoms with E-state index in [0.717, 1.165) is 0 Å². The molecule has 0 fully saturated rings. The van der Waals surface area contributed by atoms with Crippen LogP contribution in [0.2, 0.25) is 13.6 Å². The summed E-state index contributed by atoms with van der Waals surface area (Å²) in [6.07, 6.45) is 0. The average Bonchev–Trinajstić information content (AvgIpc) is 1.65. The zero-order chi connectivity index (χ0) is 4.99. The molecule has 0 aromatic heterocycles. The summed E-state index contributed by atoms with van der Waals surface area (Å²) >= 11 is 0. The zero-order valence-electron chi connectivity index (χ0n) is 4.06. The van der Waals surface area contributed by atoms with Crippen molar-refractivity contribution in [2.45, 2.75) is 13.6 Å². The number of hydrogen-bond acceptors (Lipinski definition) is 1. The lowest BCUT2D eigenvalue weighted by Crippen LogP contribution is -2.07. The largest absolute Gasteiger partial charge is 0.323 e. The Bertz CT molecular complexity index is 46.8. The predicted molar refractivity (Wildman–Crippen MR) is 28.6 cm³/mol. The number of hydrogen-bond donors (Lipinski definition) is 0. The Morgan fingerprint density at radius 1 is 1.33 bits per heavy atom. The van der Waals surface area contributed by atoms with Crippen molar-refractivity contribution in [1.82, 2.24) is 0 Å². The third kappa shape index (κ3) is 2.06. The highest BCUT2D eigenvalue weighted by Gasteiger charge is 1.91. The van der Waals surface area contributed by atoms with Gasteiger partial charge in [-0.25, -0.2) is 0 Å². The van der Waals surface area contributed by atoms with Gasteiger partial charge in [0.1, 0.15) is 0 Å². The molecule has 0 aliphatic heterocycles. The van der Waals surface area contributed by atoms with Crippen LogP contribution in [0.15, 0.2) is 0 Å². The van der Waals surface area contributed by atoms with Crippen molar-refractivity contribution >= 4 is 20.1 Å². The number of rotatable bonds is 2. The van der Waals surface area contributed by atoms with Crippen molar-refractivity contribution in [3.8, 4) is 0 Å². The van der Waals surface area contributed by atoms with Gasteiger partial charge < -0.3 is 4.79 Å². The predicted octanol–water partition coefficient (Wildman–Crippen LogP) is 0.611. The van der Waals surface area contributed by atoms with Gasteiger partial charge >= 0.3 is 0 Å². The smallest absolute Gasteiger partial charge is 0.183 e. The Hall–Kier alpha value is -0.200. The summed E-state index contributed by atoms with van der Waals surface area (Å²) in [7, 11) is 3.06. The standard InChI is InChI=1S/C3H6B2O/c1-4-3(6)5-2/h1-2H3. The topological polar surface area (TPSA) is 17.1 Å². The van der Waals surface area contributed by atoms with Crippen molar-refractivity contribution in [2.75, 3.05) is 0 Å². The summed E-state index contributed by atoms with van der Waals surface area (Å²) in [5.74, 6) is 0. The molecule has 2 radical (unpaired) electrons. The third-order valence-corrected chi connectivity index (χ3v) is 0.569. The van der Waals surface area contributed by atoms with Gasteiger partial charge in [-0.15, -0.1) is 0 Å². The van der Waals surface area contributed by atoms with Gasteiger partial charge in [0.25, 0.3) is 0 Å². The van der Waals surface area contributed by atoms with Crippen molar-refractivity contribution in [3.63, 3.8) is 0 Å². The van der Waals surface area contributed by atoms with E-state index in [9.17, 15) is 4.79 Å². The molecule has 0 aromatic carbocycles. The first kappa shape index (κ1) is 5.80. The second-order valence-corrected chi connectivity index (χ2v) is 0.980. The van der Waals surface area contributed by atoms with E-state index in [4.69, 9.17) is 0 Å². The van der Waals surface area contributed by atoms with Crippen LogP contribution in [0.4, 0.5) is 4.79 Å². The van der Waals surface area contributed by atoms with Crippen LogP contribution in [0.1, 0.15) is 0 Å². The summed E-state index contributed by atoms with van der Waals surface area (Å²) in [6.45, 7) is 3.45. The first-order valence-electron chi connectivity index (χ1n) is 1.94. The summed E-state index contributed by atoms with van der Waals surface area (Å²) < 4.78 is 0. The van der Waals surface area contributed by atoms with Crippen LogP contribution in [0, 0.1) is 0 Å². The lowest BCUT2D eigenvalue weighted by molar-refractivity contribution is 0.274. The van der Waals surface area contributed by atoms with Crippen LogP contribution >= 0.6 is 0 Å². The van der Waals surface area contributed by atoms with Gasteiger partial charge in [0.05, 0.1) is 0 Å². The molecule has 1 nitrogen and oxygen atoms in total. The number of carbonyl (C=O) groups is 1. The molecular weight excluding hydrogens is 73.7 g/mol. The van der Waals surface area contributed by atoms with E-state index in [2.05, 4.69) is 0 Å². The fraction of sp³-hybridized carbons (Fsp3) is 0.667. The highest BCUT2D eigenvalue weighted by molar-refractivity contribution is 7.02. The molecule has 0 aliphatic carbocycles. The molecule has 0 bridgehead atoms. The molecule has 0 aromatic rings. The van der Waals surface area contributed by atoms with E-state index >= 15 is 0 Å². The SMILES string of the molecule is C[B]C(=O)[B]C. The fourth-order valence-corrected chi connectivity index (χ4v) is 0.167. The minimum Gasteiger partial charge on any atom is -0.323 e. The molecule has 0 rings (SSSR count). The monoisotopic (exact) mass is 80.1 g/mol. The number of carbonyl (C=O) groups excluding carboxylic acids is 1. The van der Waals surface area contributed by atoms with E-state index < -0.39 is 0 Å². The maximum Gasteiger partial charge on any atom is 0.183 e. The quantitative estimate of drug-likeness (QED) is 0.444. The second-order valence-electron chi connectivity index (χ2n) is 0.980. The molecule has 0 spiro atoms. The van der Waals surface area contributed by atoms with Crippen molar-refractivity contribution < 1.29 is 4.79 Å². The molecule has 0 N–H and O–H groups in total. The van der Waals surface area contributed by atoms with E-state index in [0.29, 0.717) is 0 Å². The lowest BCUT2D eigenvalue weighted by atomic mass is 9.56. The van der Waals surface area contributed by atoms with Crippen LogP contribution in [0.3, 0.4) is 0 Å². The van der Waals surface area contributed by atoms with E-state index in [1.165, 1.54) is 14.6 Å². The van der Waals surface area contributed by atoms with Crippen molar-refractivity contribution in [2.24, 2.45) is 0 Å². The van der Waals surface area contributed by atoms with Gasteiger partial charge in [0.2, 0.25) is 0 Å². The Kier molecular flexibility index (Phi) is 2.91. The molecule has 0 atom stereocenters. The average molecular weight is 79.7 g/mol. The first-order chi connectivity index (χ1) is 2.81. The minimum absolute atomic E-state index is 0.0926. The van der Waals surface area contributed by atoms with Gasteiger partial charge in [-0.2, -0.15) is 0 Å². The molecule has 3 heteroatoms. The summed E-state index contributed by atoms with van der Waals surface area (Å²) in [5, 5.41) is 0. The van der Waals surface area contributed by atoms with Crippen LogP contribution in [-0.4, -0.2) is 20.1 Å². The highest BCUT2D eigenvalue weighted by Crippen LogP contribution is 1.65. The zero-order valence-corrected chi connectivity index (χ0v) is 4.06. The summed E-state index contributed by atoms with van der Waals surface area (Å²) in [6, 6.07) is 0. The highest BCUT2D eigenvalue weighted by atomic mass is 16.1.